The molecular weight excluding hydrogens is 404 g/mol. The number of aryl methyl sites for hydroxylation is 2. The zero-order valence-electron chi connectivity index (χ0n) is 16.3. The quantitative estimate of drug-likeness (QED) is 0.519. The molecule has 8 heteroatoms. The Morgan fingerprint density at radius 1 is 1.17 bits per heavy atom. The number of amides is 2. The van der Waals surface area contributed by atoms with E-state index >= 15 is 0 Å². The van der Waals surface area contributed by atoms with E-state index in [4.69, 9.17) is 11.5 Å². The molecule has 0 fully saturated rings. The summed E-state index contributed by atoms with van der Waals surface area (Å²) >= 11 is 2.75. The van der Waals surface area contributed by atoms with Crippen LogP contribution in [0.25, 0.3) is 10.2 Å². The number of hydrogen-bond acceptors (Lipinski definition) is 6. The summed E-state index contributed by atoms with van der Waals surface area (Å²) in [6.07, 6.45) is 6.91. The molecule has 0 saturated carbocycles. The Labute approximate surface area is 177 Å². The summed E-state index contributed by atoms with van der Waals surface area (Å²) in [4.78, 5) is 32.1. The number of carbonyl (C=O) groups excluding carboxylic acids is 2. The van der Waals surface area contributed by atoms with Crippen molar-refractivity contribution in [3.8, 4) is 0 Å². The number of pyridine rings is 1. The van der Waals surface area contributed by atoms with Gasteiger partial charge in [0.1, 0.15) is 14.7 Å². The highest BCUT2D eigenvalue weighted by Crippen LogP contribution is 2.39. The number of nitrogen functional groups attached to an aromatic ring is 1. The van der Waals surface area contributed by atoms with Gasteiger partial charge in [0.2, 0.25) is 0 Å². The minimum atomic E-state index is -0.491. The number of primary amides is 1. The van der Waals surface area contributed by atoms with Gasteiger partial charge in [0, 0.05) is 16.0 Å². The van der Waals surface area contributed by atoms with E-state index in [9.17, 15) is 9.59 Å². The van der Waals surface area contributed by atoms with Gasteiger partial charge in [0.05, 0.1) is 11.3 Å². The molecule has 0 saturated heterocycles. The Bertz CT molecular complexity index is 1100. The topological polar surface area (TPSA) is 111 Å². The second kappa shape index (κ2) is 8.12. The Hall–Kier alpha value is -2.45. The molecule has 2 amide bonds. The minimum absolute atomic E-state index is 0.318. The Morgan fingerprint density at radius 2 is 1.97 bits per heavy atom. The molecule has 0 spiro atoms. The first-order chi connectivity index (χ1) is 14.0. The Balaban J connectivity index is 1.68. The molecule has 0 aliphatic heterocycles. The highest BCUT2D eigenvalue weighted by molar-refractivity contribution is 7.21. The predicted octanol–water partition coefficient (Wildman–Crippen LogP) is 4.51. The van der Waals surface area contributed by atoms with Gasteiger partial charge in [-0.05, 0) is 49.8 Å². The van der Waals surface area contributed by atoms with Gasteiger partial charge in [-0.2, -0.15) is 0 Å². The van der Waals surface area contributed by atoms with Crippen molar-refractivity contribution in [1.29, 1.82) is 0 Å². The van der Waals surface area contributed by atoms with Crippen LogP contribution < -0.4 is 16.8 Å². The lowest BCUT2D eigenvalue weighted by Crippen LogP contribution is -2.18. The molecule has 1 aliphatic carbocycles. The third-order valence-corrected chi connectivity index (χ3v) is 7.58. The number of aromatic nitrogens is 1. The van der Waals surface area contributed by atoms with E-state index in [1.807, 2.05) is 12.1 Å². The first kappa shape index (κ1) is 19.8. The van der Waals surface area contributed by atoms with Gasteiger partial charge in [-0.3, -0.25) is 9.59 Å². The zero-order chi connectivity index (χ0) is 20.5. The number of rotatable bonds is 5. The molecule has 0 unspecified atom stereocenters. The molecule has 152 valence electrons. The van der Waals surface area contributed by atoms with Gasteiger partial charge in [0.25, 0.3) is 11.8 Å². The average Bonchev–Trinajstić information content (AvgIpc) is 3.10. The van der Waals surface area contributed by atoms with Crippen molar-refractivity contribution >= 4 is 55.4 Å². The van der Waals surface area contributed by atoms with Crippen LogP contribution >= 0.6 is 22.7 Å². The number of nitrogens with two attached hydrogens (primary N) is 2. The fraction of sp³-hybridized carbons (Fsp3) is 0.381. The fourth-order valence-corrected chi connectivity index (χ4v) is 6.15. The molecule has 6 nitrogen and oxygen atoms in total. The van der Waals surface area contributed by atoms with Crippen LogP contribution in [0.1, 0.15) is 68.8 Å². The number of nitrogens with zero attached hydrogens (tertiary/aromatic N) is 1. The number of fused-ring (bicyclic) bond motifs is 2. The van der Waals surface area contributed by atoms with Gasteiger partial charge in [0.15, 0.2) is 0 Å². The molecule has 3 heterocycles. The van der Waals surface area contributed by atoms with E-state index in [0.717, 1.165) is 71.3 Å². The highest BCUT2D eigenvalue weighted by Gasteiger charge is 2.26. The number of anilines is 2. The third-order valence-electron chi connectivity index (χ3n) is 5.26. The largest absolute Gasteiger partial charge is 0.397 e. The molecule has 0 radical (unpaired) electrons. The monoisotopic (exact) mass is 428 g/mol. The van der Waals surface area contributed by atoms with Gasteiger partial charge in [-0.15, -0.1) is 22.7 Å². The summed E-state index contributed by atoms with van der Waals surface area (Å²) in [5, 5.41) is 4.23. The van der Waals surface area contributed by atoms with E-state index in [0.29, 0.717) is 21.1 Å². The molecule has 29 heavy (non-hydrogen) atoms. The number of thiophene rings is 2. The summed E-state index contributed by atoms with van der Waals surface area (Å²) < 4.78 is 0. The second-order valence-electron chi connectivity index (χ2n) is 7.34. The molecule has 1 aliphatic rings. The maximum Gasteiger partial charge on any atom is 0.268 e. The maximum atomic E-state index is 13.0. The highest BCUT2D eigenvalue weighted by atomic mass is 32.1. The second-order valence-corrected chi connectivity index (χ2v) is 9.44. The first-order valence-corrected chi connectivity index (χ1v) is 11.6. The minimum Gasteiger partial charge on any atom is -0.397 e. The SMILES string of the molecule is CCCc1ccc2c(N)c(C(=O)Nc3sc4c(c3C(N)=O)CCCCC4)sc2n1. The smallest absolute Gasteiger partial charge is 0.268 e. The molecule has 0 bridgehead atoms. The lowest BCUT2D eigenvalue weighted by Gasteiger charge is -2.06. The van der Waals surface area contributed by atoms with Gasteiger partial charge < -0.3 is 16.8 Å². The van der Waals surface area contributed by atoms with Crippen LogP contribution in [0.3, 0.4) is 0 Å². The Morgan fingerprint density at radius 3 is 2.72 bits per heavy atom. The number of carbonyl (C=O) groups is 2. The summed E-state index contributed by atoms with van der Waals surface area (Å²) in [5.41, 5.74) is 14.8. The molecule has 0 atom stereocenters. The van der Waals surface area contributed by atoms with E-state index in [-0.39, 0.29) is 5.91 Å². The molecule has 4 rings (SSSR count). The molecule has 3 aromatic heterocycles. The number of nitrogens with one attached hydrogen (secondary N) is 1. The van der Waals surface area contributed by atoms with Gasteiger partial charge in [-0.25, -0.2) is 4.98 Å². The summed E-state index contributed by atoms with van der Waals surface area (Å²) in [6.45, 7) is 2.10. The van der Waals surface area contributed by atoms with Crippen LogP contribution in [0.2, 0.25) is 0 Å². The van der Waals surface area contributed by atoms with Crippen LogP contribution in [0.5, 0.6) is 0 Å². The molecule has 5 N–H and O–H groups in total. The van der Waals surface area contributed by atoms with Crippen LogP contribution in [0.15, 0.2) is 12.1 Å². The lowest BCUT2D eigenvalue weighted by atomic mass is 10.1. The summed E-state index contributed by atoms with van der Waals surface area (Å²) in [5.74, 6) is -0.809. The van der Waals surface area contributed by atoms with Crippen LogP contribution in [-0.4, -0.2) is 16.8 Å². The fourth-order valence-electron chi connectivity index (χ4n) is 3.85. The standard InChI is InChI=1S/C21H24N4O2S2/c1-2-6-11-9-10-13-16(22)17(29-20(13)24-11)19(27)25-21-15(18(23)26)12-7-4-3-5-8-14(12)28-21/h9-10H,2-8,22H2,1H3,(H2,23,26)(H,25,27). The third kappa shape index (κ3) is 3.74. The van der Waals surface area contributed by atoms with Crippen molar-refractivity contribution < 1.29 is 9.59 Å². The predicted molar refractivity (Wildman–Crippen MR) is 120 cm³/mol. The maximum absolute atomic E-state index is 13.0. The van der Waals surface area contributed by atoms with E-state index in [1.54, 1.807) is 0 Å². The van der Waals surface area contributed by atoms with Crippen molar-refractivity contribution in [3.63, 3.8) is 0 Å². The van der Waals surface area contributed by atoms with Crippen molar-refractivity contribution in [2.75, 3.05) is 11.1 Å². The van der Waals surface area contributed by atoms with Crippen LogP contribution in [0, 0.1) is 0 Å². The summed E-state index contributed by atoms with van der Waals surface area (Å²) in [7, 11) is 0. The lowest BCUT2D eigenvalue weighted by molar-refractivity contribution is 0.100. The molecular formula is C21H24N4O2S2. The van der Waals surface area contributed by atoms with Crippen LogP contribution in [-0.2, 0) is 19.3 Å². The molecule has 3 aromatic rings. The van der Waals surface area contributed by atoms with Gasteiger partial charge in [-0.1, -0.05) is 19.8 Å². The van der Waals surface area contributed by atoms with Crippen molar-refractivity contribution in [2.45, 2.75) is 51.9 Å². The van der Waals surface area contributed by atoms with Crippen LogP contribution in [0.4, 0.5) is 10.7 Å². The van der Waals surface area contributed by atoms with Crippen molar-refractivity contribution in [2.24, 2.45) is 5.73 Å². The van der Waals surface area contributed by atoms with E-state index in [1.165, 1.54) is 22.7 Å². The Kier molecular flexibility index (Phi) is 5.56. The normalized spacial score (nSPS) is 13.8. The summed E-state index contributed by atoms with van der Waals surface area (Å²) in [6, 6.07) is 3.89. The zero-order valence-corrected chi connectivity index (χ0v) is 18.0. The average molecular weight is 429 g/mol. The van der Waals surface area contributed by atoms with E-state index < -0.39 is 5.91 Å². The number of hydrogen-bond donors (Lipinski definition) is 3. The first-order valence-electron chi connectivity index (χ1n) is 9.93. The van der Waals surface area contributed by atoms with E-state index in [2.05, 4.69) is 17.2 Å². The van der Waals surface area contributed by atoms with Crippen molar-refractivity contribution in [1.82, 2.24) is 4.98 Å². The van der Waals surface area contributed by atoms with Gasteiger partial charge >= 0.3 is 0 Å². The molecule has 0 aromatic carbocycles. The van der Waals surface area contributed by atoms with Crippen molar-refractivity contribution in [3.05, 3.63) is 38.7 Å².